The molecule has 3 aromatic carbocycles. The van der Waals surface area contributed by atoms with Gasteiger partial charge < -0.3 is 14.7 Å². The molecule has 0 bridgehead atoms. The van der Waals surface area contributed by atoms with Gasteiger partial charge in [-0.1, -0.05) is 48.5 Å². The molecule has 0 heterocycles. The Bertz CT molecular complexity index is 1130. The number of fused-ring (bicyclic) bond motifs is 1. The number of rotatable bonds is 5. The van der Waals surface area contributed by atoms with Gasteiger partial charge >= 0.3 is 5.97 Å². The van der Waals surface area contributed by atoms with Crippen molar-refractivity contribution in [2.45, 2.75) is 25.9 Å². The summed E-state index contributed by atoms with van der Waals surface area (Å²) >= 11 is 0. The van der Waals surface area contributed by atoms with Gasteiger partial charge in [0, 0.05) is 11.1 Å². The van der Waals surface area contributed by atoms with Gasteiger partial charge in [-0.05, 0) is 60.2 Å². The zero-order valence-corrected chi connectivity index (χ0v) is 18.0. The molecule has 4 rings (SSSR count). The van der Waals surface area contributed by atoms with E-state index in [-0.39, 0.29) is 11.5 Å². The van der Waals surface area contributed by atoms with E-state index < -0.39 is 18.0 Å². The number of hydrogen-bond donors (Lipinski definition) is 2. The van der Waals surface area contributed by atoms with Crippen LogP contribution >= 0.6 is 0 Å². The van der Waals surface area contributed by atoms with Crippen LogP contribution in [0.4, 0.5) is 0 Å². The summed E-state index contributed by atoms with van der Waals surface area (Å²) in [6.07, 6.45) is 0.221. The van der Waals surface area contributed by atoms with E-state index in [2.05, 4.69) is 5.48 Å². The number of aliphatic hydroxyl groups is 1. The lowest BCUT2D eigenvalue weighted by molar-refractivity contribution is -0.153. The molecule has 0 radical (unpaired) electrons. The van der Waals surface area contributed by atoms with Crippen molar-refractivity contribution in [2.24, 2.45) is 5.92 Å². The van der Waals surface area contributed by atoms with Crippen LogP contribution < -0.4 is 10.2 Å². The van der Waals surface area contributed by atoms with Crippen molar-refractivity contribution in [1.29, 1.82) is 0 Å². The van der Waals surface area contributed by atoms with Gasteiger partial charge in [0.2, 0.25) is 0 Å². The number of hydrogen-bond acceptors (Lipinski definition) is 5. The first-order chi connectivity index (χ1) is 15.5. The molecule has 32 heavy (non-hydrogen) atoms. The Morgan fingerprint density at radius 3 is 2.28 bits per heavy atom. The Morgan fingerprint density at radius 1 is 0.969 bits per heavy atom. The van der Waals surface area contributed by atoms with E-state index in [9.17, 15) is 14.7 Å². The number of carbonyl (C=O) groups excluding carboxylic acids is 2. The fourth-order valence-corrected chi connectivity index (χ4v) is 4.11. The Morgan fingerprint density at radius 2 is 1.62 bits per heavy atom. The first kappa shape index (κ1) is 21.6. The molecule has 2 N–H and O–H groups in total. The van der Waals surface area contributed by atoms with Crippen molar-refractivity contribution < 1.29 is 24.3 Å². The van der Waals surface area contributed by atoms with Gasteiger partial charge in [0.1, 0.15) is 11.9 Å². The molecule has 1 atom stereocenters. The standard InChI is InChI=1S/C26H25NO5/c1-16-7-3-6-10-21(16)24(28)22-15-19(11-12-23(22)31-2)25(29)27-32-26(30)20-13-17-8-4-5-9-18(17)14-20/h3-12,15,20,24,28H,13-14H2,1-2H3,(H,27,29). The Balaban J connectivity index is 1.45. The van der Waals surface area contributed by atoms with Crippen LogP contribution in [0.15, 0.2) is 66.7 Å². The highest BCUT2D eigenvalue weighted by molar-refractivity contribution is 5.94. The number of ether oxygens (including phenoxy) is 1. The molecule has 1 aliphatic carbocycles. The number of hydroxylamine groups is 1. The molecule has 0 saturated carbocycles. The molecule has 164 valence electrons. The van der Waals surface area contributed by atoms with Gasteiger partial charge in [-0.3, -0.25) is 4.79 Å². The second-order valence-electron chi connectivity index (χ2n) is 7.94. The summed E-state index contributed by atoms with van der Waals surface area (Å²) in [4.78, 5) is 30.2. The lowest BCUT2D eigenvalue weighted by Gasteiger charge is -2.18. The molecule has 6 nitrogen and oxygen atoms in total. The van der Waals surface area contributed by atoms with Crippen molar-refractivity contribution in [2.75, 3.05) is 7.11 Å². The fourth-order valence-electron chi connectivity index (χ4n) is 4.11. The van der Waals surface area contributed by atoms with Crippen LogP contribution in [-0.4, -0.2) is 24.1 Å². The predicted molar refractivity (Wildman–Crippen MR) is 119 cm³/mol. The SMILES string of the molecule is COc1ccc(C(=O)NOC(=O)C2Cc3ccccc3C2)cc1C(O)c1ccccc1C. The zero-order valence-electron chi connectivity index (χ0n) is 18.0. The minimum absolute atomic E-state index is 0.246. The van der Waals surface area contributed by atoms with E-state index in [0.717, 1.165) is 22.3 Å². The Labute approximate surface area is 186 Å². The molecule has 1 aliphatic rings. The molecule has 0 aromatic heterocycles. The van der Waals surface area contributed by atoms with E-state index in [1.165, 1.54) is 7.11 Å². The molecular weight excluding hydrogens is 406 g/mol. The van der Waals surface area contributed by atoms with E-state index in [4.69, 9.17) is 9.57 Å². The number of amides is 1. The molecular formula is C26H25NO5. The summed E-state index contributed by atoms with van der Waals surface area (Å²) in [6.45, 7) is 1.91. The van der Waals surface area contributed by atoms with Crippen molar-refractivity contribution in [3.8, 4) is 5.75 Å². The summed E-state index contributed by atoms with van der Waals surface area (Å²) in [5.74, 6) is -0.905. The summed E-state index contributed by atoms with van der Waals surface area (Å²) in [5.41, 5.74) is 6.84. The zero-order chi connectivity index (χ0) is 22.7. The Kier molecular flexibility index (Phi) is 6.23. The first-order valence-corrected chi connectivity index (χ1v) is 10.5. The number of methoxy groups -OCH3 is 1. The van der Waals surface area contributed by atoms with Gasteiger partial charge in [-0.15, -0.1) is 0 Å². The smallest absolute Gasteiger partial charge is 0.335 e. The monoisotopic (exact) mass is 431 g/mol. The van der Waals surface area contributed by atoms with Crippen molar-refractivity contribution in [3.05, 3.63) is 100 Å². The topological polar surface area (TPSA) is 84.9 Å². The summed E-state index contributed by atoms with van der Waals surface area (Å²) < 4.78 is 5.38. The second kappa shape index (κ2) is 9.24. The third-order valence-electron chi connectivity index (χ3n) is 5.90. The molecule has 0 spiro atoms. The van der Waals surface area contributed by atoms with E-state index in [0.29, 0.717) is 24.2 Å². The highest BCUT2D eigenvalue weighted by atomic mass is 16.7. The van der Waals surface area contributed by atoms with Crippen LogP contribution in [-0.2, 0) is 22.5 Å². The van der Waals surface area contributed by atoms with E-state index >= 15 is 0 Å². The number of nitrogens with one attached hydrogen (secondary N) is 1. The quantitative estimate of drug-likeness (QED) is 0.602. The van der Waals surface area contributed by atoms with Gasteiger partial charge in [-0.25, -0.2) is 4.79 Å². The average Bonchev–Trinajstić information content (AvgIpc) is 3.26. The van der Waals surface area contributed by atoms with Crippen LogP contribution in [0.1, 0.15) is 44.3 Å². The van der Waals surface area contributed by atoms with Crippen LogP contribution in [0.5, 0.6) is 5.75 Å². The predicted octanol–water partition coefficient (Wildman–Crippen LogP) is 3.69. The lowest BCUT2D eigenvalue weighted by Crippen LogP contribution is -2.31. The molecule has 0 fully saturated rings. The van der Waals surface area contributed by atoms with Gasteiger partial charge in [0.15, 0.2) is 0 Å². The van der Waals surface area contributed by atoms with Crippen LogP contribution in [0.2, 0.25) is 0 Å². The maximum absolute atomic E-state index is 12.6. The molecule has 0 aliphatic heterocycles. The third-order valence-corrected chi connectivity index (χ3v) is 5.90. The summed E-state index contributed by atoms with van der Waals surface area (Å²) in [6, 6.07) is 20.1. The van der Waals surface area contributed by atoms with Gasteiger partial charge in [-0.2, -0.15) is 5.48 Å². The highest BCUT2D eigenvalue weighted by Crippen LogP contribution is 2.32. The second-order valence-corrected chi connectivity index (χ2v) is 7.94. The lowest BCUT2D eigenvalue weighted by atomic mass is 9.95. The summed E-state index contributed by atoms with van der Waals surface area (Å²) in [5, 5.41) is 10.9. The molecule has 6 heteroatoms. The van der Waals surface area contributed by atoms with Crippen LogP contribution in [0.3, 0.4) is 0 Å². The molecule has 3 aromatic rings. The minimum atomic E-state index is -0.974. The fraction of sp³-hybridized carbons (Fsp3) is 0.231. The number of benzene rings is 3. The third kappa shape index (κ3) is 4.36. The van der Waals surface area contributed by atoms with E-state index in [1.807, 2.05) is 55.5 Å². The van der Waals surface area contributed by atoms with Crippen LogP contribution in [0.25, 0.3) is 0 Å². The van der Waals surface area contributed by atoms with Crippen molar-refractivity contribution in [3.63, 3.8) is 0 Å². The average molecular weight is 431 g/mol. The maximum atomic E-state index is 12.6. The number of aliphatic hydroxyl groups excluding tert-OH is 1. The summed E-state index contributed by atoms with van der Waals surface area (Å²) in [7, 11) is 1.50. The largest absolute Gasteiger partial charge is 0.496 e. The molecule has 1 unspecified atom stereocenters. The van der Waals surface area contributed by atoms with Crippen LogP contribution in [0, 0.1) is 12.8 Å². The highest BCUT2D eigenvalue weighted by Gasteiger charge is 2.29. The van der Waals surface area contributed by atoms with Gasteiger partial charge in [0.05, 0.1) is 13.0 Å². The first-order valence-electron chi connectivity index (χ1n) is 10.5. The Hall–Kier alpha value is -3.64. The molecule has 1 amide bonds. The maximum Gasteiger partial charge on any atom is 0.335 e. The number of carbonyl (C=O) groups is 2. The van der Waals surface area contributed by atoms with Crippen molar-refractivity contribution >= 4 is 11.9 Å². The normalized spacial score (nSPS) is 13.8. The molecule has 0 saturated heterocycles. The van der Waals surface area contributed by atoms with E-state index in [1.54, 1.807) is 18.2 Å². The minimum Gasteiger partial charge on any atom is -0.496 e. The van der Waals surface area contributed by atoms with Crippen molar-refractivity contribution in [1.82, 2.24) is 5.48 Å². The van der Waals surface area contributed by atoms with Gasteiger partial charge in [0.25, 0.3) is 5.91 Å². The number of aryl methyl sites for hydroxylation is 1.